The van der Waals surface area contributed by atoms with Gasteiger partial charge in [0.25, 0.3) is 0 Å². The van der Waals surface area contributed by atoms with Gasteiger partial charge < -0.3 is 15.2 Å². The number of amides is 1. The second-order valence-corrected chi connectivity index (χ2v) is 4.30. The molecule has 21 heavy (non-hydrogen) atoms. The highest BCUT2D eigenvalue weighted by Gasteiger charge is 2.21. The van der Waals surface area contributed by atoms with E-state index >= 15 is 0 Å². The number of ether oxygens (including phenoxy) is 1. The van der Waals surface area contributed by atoms with Crippen LogP contribution in [0.1, 0.15) is 25.5 Å². The van der Waals surface area contributed by atoms with E-state index in [1.165, 1.54) is 0 Å². The van der Waals surface area contributed by atoms with Gasteiger partial charge in [-0.05, 0) is 25.5 Å². The molecule has 0 radical (unpaired) electrons. The molecule has 0 aliphatic carbocycles. The predicted molar refractivity (Wildman–Crippen MR) is 73.4 cm³/mol. The third-order valence-corrected chi connectivity index (χ3v) is 2.64. The number of pyridine rings is 1. The molecule has 0 fully saturated rings. The van der Waals surface area contributed by atoms with Crippen LogP contribution in [-0.4, -0.2) is 40.6 Å². The maximum absolute atomic E-state index is 11.8. The number of carbonyl (C=O) groups excluding carboxylic acids is 2. The third-order valence-electron chi connectivity index (χ3n) is 2.64. The van der Waals surface area contributed by atoms with E-state index < -0.39 is 23.9 Å². The lowest BCUT2D eigenvalue weighted by atomic mass is 10.1. The minimum atomic E-state index is -1.19. The molecule has 0 spiro atoms. The van der Waals surface area contributed by atoms with Gasteiger partial charge in [-0.2, -0.15) is 0 Å². The number of aromatic nitrogens is 1. The lowest BCUT2D eigenvalue weighted by Crippen LogP contribution is -2.42. The molecule has 0 aliphatic heterocycles. The smallest absolute Gasteiger partial charge is 0.326 e. The summed E-state index contributed by atoms with van der Waals surface area (Å²) in [5.74, 6) is -2.12. The van der Waals surface area contributed by atoms with Crippen LogP contribution in [0.15, 0.2) is 24.4 Å². The number of aliphatic carboxylic acids is 1. The van der Waals surface area contributed by atoms with E-state index in [0.29, 0.717) is 5.69 Å². The lowest BCUT2D eigenvalue weighted by molar-refractivity contribution is -0.145. The van der Waals surface area contributed by atoms with Gasteiger partial charge in [-0.1, -0.05) is 6.07 Å². The highest BCUT2D eigenvalue weighted by molar-refractivity contribution is 5.85. The Labute approximate surface area is 122 Å². The van der Waals surface area contributed by atoms with E-state index in [2.05, 4.69) is 10.3 Å². The van der Waals surface area contributed by atoms with Crippen LogP contribution in [0.3, 0.4) is 0 Å². The Kier molecular flexibility index (Phi) is 6.86. The first-order chi connectivity index (χ1) is 10.0. The van der Waals surface area contributed by atoms with Gasteiger partial charge in [-0.15, -0.1) is 0 Å². The fourth-order valence-corrected chi connectivity index (χ4v) is 1.67. The summed E-state index contributed by atoms with van der Waals surface area (Å²) in [7, 11) is 0. The molecule has 0 bridgehead atoms. The van der Waals surface area contributed by atoms with Crippen molar-refractivity contribution >= 4 is 17.8 Å². The second-order valence-electron chi connectivity index (χ2n) is 4.30. The molecule has 1 heterocycles. The topological polar surface area (TPSA) is 106 Å². The van der Waals surface area contributed by atoms with Crippen LogP contribution in [0.4, 0.5) is 0 Å². The summed E-state index contributed by atoms with van der Waals surface area (Å²) in [6.45, 7) is 1.91. The van der Waals surface area contributed by atoms with Crippen molar-refractivity contribution in [1.82, 2.24) is 10.3 Å². The van der Waals surface area contributed by atoms with Crippen molar-refractivity contribution in [3.05, 3.63) is 30.1 Å². The Morgan fingerprint density at radius 2 is 2.14 bits per heavy atom. The van der Waals surface area contributed by atoms with Gasteiger partial charge in [0, 0.05) is 18.3 Å². The predicted octanol–water partition coefficient (Wildman–Crippen LogP) is 0.537. The SMILES string of the molecule is CCOC(=O)CC[C@H](NC(=O)Cc1ccccn1)C(=O)O. The zero-order valence-electron chi connectivity index (χ0n) is 11.7. The lowest BCUT2D eigenvalue weighted by Gasteiger charge is -2.14. The number of carboxylic acids is 1. The highest BCUT2D eigenvalue weighted by Crippen LogP contribution is 2.02. The van der Waals surface area contributed by atoms with Crippen molar-refractivity contribution in [3.8, 4) is 0 Å². The third kappa shape index (κ3) is 6.51. The van der Waals surface area contributed by atoms with Crippen LogP contribution < -0.4 is 5.32 Å². The van der Waals surface area contributed by atoms with Gasteiger partial charge in [0.05, 0.1) is 13.0 Å². The summed E-state index contributed by atoms with van der Waals surface area (Å²) in [6.07, 6.45) is 1.47. The second kappa shape index (κ2) is 8.68. The molecule has 2 N–H and O–H groups in total. The zero-order chi connectivity index (χ0) is 15.7. The van der Waals surface area contributed by atoms with E-state index in [4.69, 9.17) is 9.84 Å². The van der Waals surface area contributed by atoms with Crippen LogP contribution in [0.25, 0.3) is 0 Å². The van der Waals surface area contributed by atoms with Gasteiger partial charge in [0.1, 0.15) is 6.04 Å². The number of esters is 1. The Hall–Kier alpha value is -2.44. The molecule has 1 aromatic heterocycles. The van der Waals surface area contributed by atoms with E-state index in [9.17, 15) is 14.4 Å². The molecule has 114 valence electrons. The maximum Gasteiger partial charge on any atom is 0.326 e. The van der Waals surface area contributed by atoms with E-state index in [1.807, 2.05) is 0 Å². The summed E-state index contributed by atoms with van der Waals surface area (Å²) in [4.78, 5) is 38.0. The Morgan fingerprint density at radius 1 is 1.38 bits per heavy atom. The average molecular weight is 294 g/mol. The first-order valence-corrected chi connectivity index (χ1v) is 6.60. The summed E-state index contributed by atoms with van der Waals surface area (Å²) >= 11 is 0. The van der Waals surface area contributed by atoms with Crippen LogP contribution in [0.5, 0.6) is 0 Å². The molecule has 1 rings (SSSR count). The van der Waals surface area contributed by atoms with E-state index in [0.717, 1.165) is 0 Å². The van der Waals surface area contributed by atoms with Crippen molar-refractivity contribution in [2.75, 3.05) is 6.61 Å². The zero-order valence-corrected chi connectivity index (χ0v) is 11.7. The van der Waals surface area contributed by atoms with Crippen molar-refractivity contribution in [2.45, 2.75) is 32.2 Å². The summed E-state index contributed by atoms with van der Waals surface area (Å²) in [6, 6.07) is 4.02. The first kappa shape index (κ1) is 16.6. The van der Waals surface area contributed by atoms with Gasteiger partial charge >= 0.3 is 11.9 Å². The standard InChI is InChI=1S/C14H18N2O5/c1-2-21-13(18)7-6-11(14(19)20)16-12(17)9-10-5-3-4-8-15-10/h3-5,8,11H,2,6-7,9H2,1H3,(H,16,17)(H,19,20)/t11-/m0/s1. The quantitative estimate of drug-likeness (QED) is 0.678. The Balaban J connectivity index is 2.48. The van der Waals surface area contributed by atoms with Crippen LogP contribution >= 0.6 is 0 Å². The van der Waals surface area contributed by atoms with E-state index in [-0.39, 0.29) is 25.9 Å². The highest BCUT2D eigenvalue weighted by atomic mass is 16.5. The van der Waals surface area contributed by atoms with Crippen molar-refractivity contribution in [1.29, 1.82) is 0 Å². The molecule has 0 aliphatic rings. The molecule has 0 unspecified atom stereocenters. The molecule has 7 nitrogen and oxygen atoms in total. The fraction of sp³-hybridized carbons (Fsp3) is 0.429. The minimum absolute atomic E-state index is 0.00989. The van der Waals surface area contributed by atoms with Crippen molar-refractivity contribution in [2.24, 2.45) is 0 Å². The normalized spacial score (nSPS) is 11.5. The van der Waals surface area contributed by atoms with Gasteiger partial charge in [-0.25, -0.2) is 4.79 Å². The van der Waals surface area contributed by atoms with Crippen molar-refractivity contribution in [3.63, 3.8) is 0 Å². The number of carbonyl (C=O) groups is 3. The Morgan fingerprint density at radius 3 is 2.71 bits per heavy atom. The molecule has 0 saturated heterocycles. The summed E-state index contributed by atoms with van der Waals surface area (Å²) < 4.78 is 4.72. The molecule has 1 atom stereocenters. The van der Waals surface area contributed by atoms with Crippen molar-refractivity contribution < 1.29 is 24.2 Å². The number of rotatable bonds is 8. The number of nitrogens with zero attached hydrogens (tertiary/aromatic N) is 1. The molecule has 1 amide bonds. The number of carboxylic acid groups (broad SMARTS) is 1. The largest absolute Gasteiger partial charge is 0.480 e. The van der Waals surface area contributed by atoms with Crippen LogP contribution in [0, 0.1) is 0 Å². The van der Waals surface area contributed by atoms with Crippen LogP contribution in [0.2, 0.25) is 0 Å². The summed E-state index contributed by atoms with van der Waals surface area (Å²) in [5.41, 5.74) is 0.546. The number of hydrogen-bond donors (Lipinski definition) is 2. The molecular weight excluding hydrogens is 276 g/mol. The van der Waals surface area contributed by atoms with Crippen LogP contribution in [-0.2, 0) is 25.5 Å². The van der Waals surface area contributed by atoms with Gasteiger partial charge in [-0.3, -0.25) is 14.6 Å². The summed E-state index contributed by atoms with van der Waals surface area (Å²) in [5, 5.41) is 11.4. The minimum Gasteiger partial charge on any atom is -0.480 e. The Bertz CT molecular complexity index is 489. The number of hydrogen-bond acceptors (Lipinski definition) is 5. The molecular formula is C14H18N2O5. The first-order valence-electron chi connectivity index (χ1n) is 6.60. The fourth-order valence-electron chi connectivity index (χ4n) is 1.67. The van der Waals surface area contributed by atoms with Gasteiger partial charge in [0.15, 0.2) is 0 Å². The monoisotopic (exact) mass is 294 g/mol. The van der Waals surface area contributed by atoms with E-state index in [1.54, 1.807) is 31.3 Å². The average Bonchev–Trinajstić information content (AvgIpc) is 2.44. The maximum atomic E-state index is 11.8. The molecule has 1 aromatic rings. The molecule has 7 heteroatoms. The molecule has 0 saturated carbocycles. The van der Waals surface area contributed by atoms with Gasteiger partial charge in [0.2, 0.25) is 5.91 Å². The number of nitrogens with one attached hydrogen (secondary N) is 1. The molecule has 0 aromatic carbocycles.